The van der Waals surface area contributed by atoms with Gasteiger partial charge in [0.05, 0.1) is 37.3 Å². The maximum Gasteiger partial charge on any atom is 0.332 e. The predicted molar refractivity (Wildman–Crippen MR) is 199 cm³/mol. The minimum atomic E-state index is -1.95. The van der Waals surface area contributed by atoms with Gasteiger partial charge in [0.1, 0.15) is 12.4 Å². The van der Waals surface area contributed by atoms with Crippen LogP contribution in [0.15, 0.2) is 18.2 Å². The molecule has 2 saturated heterocycles. The fourth-order valence-corrected chi connectivity index (χ4v) is 12.7. The number of esters is 2. The number of likely N-dealkylation sites (N-methyl/N-ethyl adjacent to an activating group) is 1. The molecule has 0 aromatic heterocycles. The lowest BCUT2D eigenvalue weighted by Crippen LogP contribution is -2.70. The zero-order chi connectivity index (χ0) is 38.8. The number of phenols is 2. The lowest BCUT2D eigenvalue weighted by Gasteiger charge is -2.63. The summed E-state index contributed by atoms with van der Waals surface area (Å²) in [7, 11) is 3.05. The van der Waals surface area contributed by atoms with Crippen LogP contribution in [0.2, 0.25) is 0 Å². The van der Waals surface area contributed by atoms with Crippen LogP contribution in [0.1, 0.15) is 75.7 Å². The number of hydrogen-bond donors (Lipinski definition) is 3. The van der Waals surface area contributed by atoms with Gasteiger partial charge in [-0.2, -0.15) is 0 Å². The Kier molecular flexibility index (Phi) is 8.35. The number of phenolic OH excluding ortho intramolecular Hbond substituents is 2. The highest BCUT2D eigenvalue weighted by Gasteiger charge is 2.62. The van der Waals surface area contributed by atoms with Crippen LogP contribution >= 0.6 is 0 Å². The van der Waals surface area contributed by atoms with Crippen LogP contribution in [0.4, 0.5) is 0 Å². The molecule has 55 heavy (non-hydrogen) atoms. The Bertz CT molecular complexity index is 2210. The van der Waals surface area contributed by atoms with Crippen LogP contribution in [0.25, 0.3) is 0 Å². The SMILES string of the molecule is COc1cc2c(cc1O)CCNC21CS(=O)C2c3c(OC(C)=O)c(C)c4c(c3C(COC1=O)N1C(C)C3Cc5cc(C)c(OC)c(O)c5C(C21)N3C)OCO4. The Morgan fingerprint density at radius 3 is 2.51 bits per heavy atom. The molecule has 10 rings (SSSR count). The van der Waals surface area contributed by atoms with Crippen molar-refractivity contribution in [3.8, 4) is 40.2 Å². The molecule has 4 bridgehead atoms. The van der Waals surface area contributed by atoms with Gasteiger partial charge in [-0.25, -0.2) is 4.79 Å². The van der Waals surface area contributed by atoms with E-state index in [1.807, 2.05) is 14.0 Å². The van der Waals surface area contributed by atoms with Gasteiger partial charge >= 0.3 is 11.9 Å². The number of nitrogens with zero attached hydrogens (tertiary/aromatic N) is 2. The monoisotopic (exact) mass is 775 g/mol. The fourth-order valence-electron chi connectivity index (χ4n) is 10.6. The second-order valence-electron chi connectivity index (χ2n) is 15.5. The summed E-state index contributed by atoms with van der Waals surface area (Å²) in [5.74, 6) is 0.200. The number of piperazine rings is 1. The van der Waals surface area contributed by atoms with Gasteiger partial charge in [-0.3, -0.25) is 24.1 Å². The summed E-state index contributed by atoms with van der Waals surface area (Å²) in [5.41, 5.74) is 3.77. The number of nitrogens with one attached hydrogen (secondary N) is 1. The Morgan fingerprint density at radius 1 is 1.02 bits per heavy atom. The number of rotatable bonds is 3. The summed E-state index contributed by atoms with van der Waals surface area (Å²) >= 11 is 0. The van der Waals surface area contributed by atoms with Crippen molar-refractivity contribution in [2.24, 2.45) is 0 Å². The fraction of sp³-hybridized carbons (Fsp3) is 0.500. The molecule has 0 saturated carbocycles. The number of ether oxygens (including phenoxy) is 6. The van der Waals surface area contributed by atoms with Crippen molar-refractivity contribution >= 4 is 22.7 Å². The van der Waals surface area contributed by atoms with E-state index in [1.54, 1.807) is 19.1 Å². The second-order valence-corrected chi connectivity index (χ2v) is 17.0. The third kappa shape index (κ3) is 4.91. The first kappa shape index (κ1) is 36.1. The summed E-state index contributed by atoms with van der Waals surface area (Å²) in [6, 6.07) is 3.28. The van der Waals surface area contributed by atoms with Gasteiger partial charge in [-0.1, -0.05) is 6.07 Å². The van der Waals surface area contributed by atoms with Crippen LogP contribution in [-0.2, 0) is 43.5 Å². The van der Waals surface area contributed by atoms with E-state index >= 15 is 4.21 Å². The summed E-state index contributed by atoms with van der Waals surface area (Å²) in [5, 5.41) is 25.3. The molecule has 0 aliphatic carbocycles. The molecule has 3 aromatic carbocycles. The number of methoxy groups -OCH3 is 2. The zero-order valence-electron chi connectivity index (χ0n) is 31.8. The first-order valence-electron chi connectivity index (χ1n) is 18.6. The topological polar surface area (TPSA) is 166 Å². The standard InChI is InChI=1S/C40H45N3O11S/c1-17-10-22-11-24-19(3)43-25-14-51-39(47)40(23-13-27(49-6)26(45)12-21(23)8-9-41-40)15-55(48)38(32(43)31(42(24)5)28(22)33(46)34(17)50-7)30-29(25)37-36(52-16-53-37)18(2)35(30)54-20(4)44/h10,12-13,19,24-25,31-32,38,41,45-46H,8-9,11,14-16H2,1-7H3. The molecule has 3 N–H and O–H groups in total. The minimum absolute atomic E-state index is 0.0287. The van der Waals surface area contributed by atoms with E-state index in [4.69, 9.17) is 28.4 Å². The minimum Gasteiger partial charge on any atom is -0.504 e. The molecule has 8 unspecified atom stereocenters. The summed E-state index contributed by atoms with van der Waals surface area (Å²) in [6.45, 7) is 7.32. The van der Waals surface area contributed by atoms with Gasteiger partial charge in [-0.05, 0) is 75.0 Å². The molecule has 3 aromatic rings. The smallest absolute Gasteiger partial charge is 0.332 e. The third-order valence-corrected chi connectivity index (χ3v) is 14.6. The first-order chi connectivity index (χ1) is 26.3. The normalized spacial score (nSPS) is 30.5. The van der Waals surface area contributed by atoms with Gasteiger partial charge in [0, 0.05) is 64.6 Å². The average molecular weight is 776 g/mol. The Hall–Kier alpha value is -4.57. The Morgan fingerprint density at radius 2 is 1.78 bits per heavy atom. The Labute approximate surface area is 321 Å². The van der Waals surface area contributed by atoms with Crippen LogP contribution in [0.3, 0.4) is 0 Å². The highest BCUT2D eigenvalue weighted by Crippen LogP contribution is 2.63. The number of carbonyl (C=O) groups is 2. The maximum atomic E-state index is 16.0. The molecule has 2 fully saturated rings. The third-order valence-electron chi connectivity index (χ3n) is 12.8. The summed E-state index contributed by atoms with van der Waals surface area (Å²) in [6.07, 6.45) is 1.13. The highest BCUT2D eigenvalue weighted by atomic mass is 32.2. The lowest BCUT2D eigenvalue weighted by molar-refractivity contribution is -0.158. The van der Waals surface area contributed by atoms with E-state index in [0.717, 1.165) is 11.1 Å². The number of carbonyl (C=O) groups excluding carboxylic acids is 2. The van der Waals surface area contributed by atoms with Crippen molar-refractivity contribution in [3.05, 3.63) is 62.7 Å². The van der Waals surface area contributed by atoms with E-state index < -0.39 is 51.7 Å². The second kappa shape index (κ2) is 12.7. The van der Waals surface area contributed by atoms with Crippen molar-refractivity contribution < 1.29 is 52.4 Å². The van der Waals surface area contributed by atoms with Crippen molar-refractivity contribution in [2.75, 3.05) is 47.0 Å². The molecule has 15 heteroatoms. The zero-order valence-corrected chi connectivity index (χ0v) is 32.6. The molecule has 7 aliphatic heterocycles. The molecule has 7 aliphatic rings. The number of hydrogen-bond acceptors (Lipinski definition) is 14. The van der Waals surface area contributed by atoms with Crippen molar-refractivity contribution in [3.63, 3.8) is 0 Å². The van der Waals surface area contributed by atoms with E-state index in [-0.39, 0.29) is 54.2 Å². The number of benzene rings is 3. The van der Waals surface area contributed by atoms with Gasteiger partial charge in [-0.15, -0.1) is 0 Å². The molecular weight excluding hydrogens is 731 g/mol. The van der Waals surface area contributed by atoms with E-state index in [0.29, 0.717) is 70.0 Å². The van der Waals surface area contributed by atoms with Gasteiger partial charge in [0.2, 0.25) is 6.79 Å². The lowest BCUT2D eigenvalue weighted by atomic mass is 9.71. The average Bonchev–Trinajstić information content (AvgIpc) is 3.64. The predicted octanol–water partition coefficient (Wildman–Crippen LogP) is 3.50. The van der Waals surface area contributed by atoms with Crippen molar-refractivity contribution in [1.82, 2.24) is 15.1 Å². The van der Waals surface area contributed by atoms with Crippen molar-refractivity contribution in [2.45, 2.75) is 81.5 Å². The van der Waals surface area contributed by atoms with E-state index in [9.17, 15) is 19.8 Å². The summed E-state index contributed by atoms with van der Waals surface area (Å²) < 4.78 is 52.0. The number of aryl methyl sites for hydroxylation is 1. The molecule has 1 spiro atoms. The van der Waals surface area contributed by atoms with Gasteiger partial charge < -0.3 is 38.6 Å². The number of aromatic hydroxyl groups is 2. The van der Waals surface area contributed by atoms with Crippen LogP contribution in [-0.4, -0.2) is 101 Å². The highest BCUT2D eigenvalue weighted by molar-refractivity contribution is 7.85. The molecule has 7 heterocycles. The molecule has 14 nitrogen and oxygen atoms in total. The maximum absolute atomic E-state index is 16.0. The Balaban J connectivity index is 1.35. The molecule has 8 atom stereocenters. The molecule has 292 valence electrons. The number of fused-ring (bicyclic) bond motifs is 9. The van der Waals surface area contributed by atoms with Gasteiger partial charge in [0.25, 0.3) is 0 Å². The summed E-state index contributed by atoms with van der Waals surface area (Å²) in [4.78, 5) is 32.3. The van der Waals surface area contributed by atoms with E-state index in [1.165, 1.54) is 21.1 Å². The molecular formula is C40H45N3O11S. The van der Waals surface area contributed by atoms with Crippen LogP contribution in [0.5, 0.6) is 40.2 Å². The first-order valence-corrected chi connectivity index (χ1v) is 19.9. The van der Waals surface area contributed by atoms with Crippen LogP contribution < -0.4 is 29.0 Å². The molecule has 0 amide bonds. The van der Waals surface area contributed by atoms with Crippen LogP contribution in [0, 0.1) is 13.8 Å². The quantitative estimate of drug-likeness (QED) is 0.262. The molecule has 0 radical (unpaired) electrons. The van der Waals surface area contributed by atoms with Gasteiger partial charge in [0.15, 0.2) is 40.0 Å². The van der Waals surface area contributed by atoms with Crippen molar-refractivity contribution in [1.29, 1.82) is 0 Å². The van der Waals surface area contributed by atoms with E-state index in [2.05, 4.69) is 28.1 Å². The largest absolute Gasteiger partial charge is 0.504 e.